The highest BCUT2D eigenvalue weighted by molar-refractivity contribution is 7.89. The van der Waals surface area contributed by atoms with Crippen molar-refractivity contribution < 1.29 is 13.2 Å². The molecular formula is C19H25N3O3S. The lowest BCUT2D eigenvalue weighted by Gasteiger charge is -2.32. The molecule has 0 spiro atoms. The van der Waals surface area contributed by atoms with Gasteiger partial charge in [-0.05, 0) is 63.6 Å². The van der Waals surface area contributed by atoms with Gasteiger partial charge in [0.1, 0.15) is 5.54 Å². The predicted molar refractivity (Wildman–Crippen MR) is 97.9 cm³/mol. The van der Waals surface area contributed by atoms with Crippen LogP contribution in [0.3, 0.4) is 0 Å². The Morgan fingerprint density at radius 2 is 2.00 bits per heavy atom. The summed E-state index contributed by atoms with van der Waals surface area (Å²) >= 11 is 0. The average molecular weight is 375 g/mol. The summed E-state index contributed by atoms with van der Waals surface area (Å²) in [5.41, 5.74) is -0.551. The van der Waals surface area contributed by atoms with Crippen molar-refractivity contribution in [3.05, 3.63) is 29.8 Å². The fraction of sp³-hybridized carbons (Fsp3) is 0.579. The molecule has 1 aromatic carbocycles. The van der Waals surface area contributed by atoms with Crippen LogP contribution in [0.5, 0.6) is 0 Å². The maximum atomic E-state index is 13.0. The van der Waals surface area contributed by atoms with Crippen molar-refractivity contribution in [3.8, 4) is 6.07 Å². The molecule has 1 saturated heterocycles. The molecule has 0 bridgehead atoms. The lowest BCUT2D eigenvalue weighted by atomic mass is 9.99. The Morgan fingerprint density at radius 3 is 2.65 bits per heavy atom. The SMILES string of the molecule is CC1CCCCN1S(=O)(=O)c1cccc(C(=O)NC2(C#N)CCCC2)c1. The van der Waals surface area contributed by atoms with Gasteiger partial charge < -0.3 is 5.32 Å². The number of nitrogens with one attached hydrogen (secondary N) is 1. The molecular weight excluding hydrogens is 350 g/mol. The summed E-state index contributed by atoms with van der Waals surface area (Å²) in [5, 5.41) is 12.2. The lowest BCUT2D eigenvalue weighted by molar-refractivity contribution is 0.0920. The van der Waals surface area contributed by atoms with E-state index in [2.05, 4.69) is 11.4 Å². The van der Waals surface area contributed by atoms with Crippen molar-refractivity contribution in [1.82, 2.24) is 9.62 Å². The van der Waals surface area contributed by atoms with Crippen molar-refractivity contribution in [2.45, 2.75) is 68.3 Å². The fourth-order valence-corrected chi connectivity index (χ4v) is 5.64. The zero-order valence-electron chi connectivity index (χ0n) is 15.1. The van der Waals surface area contributed by atoms with Gasteiger partial charge in [-0.15, -0.1) is 0 Å². The maximum absolute atomic E-state index is 13.0. The van der Waals surface area contributed by atoms with E-state index in [4.69, 9.17) is 0 Å². The van der Waals surface area contributed by atoms with E-state index in [0.29, 0.717) is 19.4 Å². The summed E-state index contributed by atoms with van der Waals surface area (Å²) in [4.78, 5) is 12.7. The number of nitrogens with zero attached hydrogens (tertiary/aromatic N) is 2. The van der Waals surface area contributed by atoms with Gasteiger partial charge in [0.25, 0.3) is 5.91 Å². The van der Waals surface area contributed by atoms with Crippen LogP contribution in [0, 0.1) is 11.3 Å². The molecule has 1 aliphatic heterocycles. The molecule has 1 amide bonds. The zero-order valence-corrected chi connectivity index (χ0v) is 15.9. The largest absolute Gasteiger partial charge is 0.334 e. The smallest absolute Gasteiger partial charge is 0.252 e. The highest BCUT2D eigenvalue weighted by atomic mass is 32.2. The number of amides is 1. The molecule has 7 heteroatoms. The molecule has 0 aromatic heterocycles. The molecule has 1 atom stereocenters. The van der Waals surface area contributed by atoms with Crippen LogP contribution in [0.25, 0.3) is 0 Å². The third-order valence-corrected chi connectivity index (χ3v) is 7.48. The van der Waals surface area contributed by atoms with Gasteiger partial charge in [0, 0.05) is 18.2 Å². The number of sulfonamides is 1. The second kappa shape index (κ2) is 7.37. The third kappa shape index (κ3) is 3.62. The first kappa shape index (κ1) is 18.9. The molecule has 1 unspecified atom stereocenters. The summed E-state index contributed by atoms with van der Waals surface area (Å²) < 4.78 is 27.5. The summed E-state index contributed by atoms with van der Waals surface area (Å²) in [6, 6.07) is 8.32. The van der Waals surface area contributed by atoms with Gasteiger partial charge in [0.2, 0.25) is 10.0 Å². The molecule has 1 aliphatic carbocycles. The quantitative estimate of drug-likeness (QED) is 0.876. The summed E-state index contributed by atoms with van der Waals surface area (Å²) in [6.07, 6.45) is 5.84. The minimum atomic E-state index is -3.63. The molecule has 2 fully saturated rings. The van der Waals surface area contributed by atoms with Crippen LogP contribution >= 0.6 is 0 Å². The molecule has 0 radical (unpaired) electrons. The Bertz CT molecular complexity index is 823. The molecule has 2 aliphatic rings. The van der Waals surface area contributed by atoms with E-state index in [0.717, 1.165) is 32.1 Å². The maximum Gasteiger partial charge on any atom is 0.252 e. The van der Waals surface area contributed by atoms with Crippen molar-refractivity contribution >= 4 is 15.9 Å². The molecule has 26 heavy (non-hydrogen) atoms. The second-order valence-electron chi connectivity index (χ2n) is 7.34. The van der Waals surface area contributed by atoms with E-state index in [-0.39, 0.29) is 16.5 Å². The normalized spacial score (nSPS) is 23.3. The van der Waals surface area contributed by atoms with Crippen LogP contribution < -0.4 is 5.32 Å². The van der Waals surface area contributed by atoms with Crippen LogP contribution in [0.2, 0.25) is 0 Å². The number of piperidine rings is 1. The molecule has 1 aromatic rings. The Hall–Kier alpha value is -1.91. The van der Waals surface area contributed by atoms with E-state index in [9.17, 15) is 18.5 Å². The number of hydrogen-bond acceptors (Lipinski definition) is 4. The summed E-state index contributed by atoms with van der Waals surface area (Å²) in [5.74, 6) is -0.391. The summed E-state index contributed by atoms with van der Waals surface area (Å²) in [6.45, 7) is 2.43. The van der Waals surface area contributed by atoms with E-state index >= 15 is 0 Å². The van der Waals surface area contributed by atoms with Crippen LogP contribution in [0.1, 0.15) is 62.2 Å². The lowest BCUT2D eigenvalue weighted by Crippen LogP contribution is -2.45. The van der Waals surface area contributed by atoms with Crippen LogP contribution in [-0.2, 0) is 10.0 Å². The number of nitriles is 1. The molecule has 3 rings (SSSR count). The van der Waals surface area contributed by atoms with Gasteiger partial charge in [-0.2, -0.15) is 9.57 Å². The third-order valence-electron chi connectivity index (χ3n) is 5.47. The number of rotatable bonds is 4. The highest BCUT2D eigenvalue weighted by Crippen LogP contribution is 2.30. The van der Waals surface area contributed by atoms with Crippen molar-refractivity contribution in [2.75, 3.05) is 6.54 Å². The van der Waals surface area contributed by atoms with Gasteiger partial charge in [0.15, 0.2) is 0 Å². The van der Waals surface area contributed by atoms with Crippen molar-refractivity contribution in [1.29, 1.82) is 5.26 Å². The number of carbonyl (C=O) groups excluding carboxylic acids is 1. The first-order valence-corrected chi connectivity index (χ1v) is 10.7. The van der Waals surface area contributed by atoms with Crippen LogP contribution in [0.4, 0.5) is 0 Å². The van der Waals surface area contributed by atoms with Crippen molar-refractivity contribution in [2.24, 2.45) is 0 Å². The molecule has 6 nitrogen and oxygen atoms in total. The van der Waals surface area contributed by atoms with Gasteiger partial charge >= 0.3 is 0 Å². The van der Waals surface area contributed by atoms with Gasteiger partial charge in [-0.1, -0.05) is 12.5 Å². The van der Waals surface area contributed by atoms with E-state index in [1.165, 1.54) is 16.4 Å². The monoisotopic (exact) mass is 375 g/mol. The zero-order chi connectivity index (χ0) is 18.8. The van der Waals surface area contributed by atoms with Gasteiger partial charge in [-0.3, -0.25) is 4.79 Å². The first-order valence-electron chi connectivity index (χ1n) is 9.24. The summed E-state index contributed by atoms with van der Waals surface area (Å²) in [7, 11) is -3.63. The minimum Gasteiger partial charge on any atom is -0.334 e. The van der Waals surface area contributed by atoms with Gasteiger partial charge in [-0.25, -0.2) is 8.42 Å². The minimum absolute atomic E-state index is 0.0356. The molecule has 1 N–H and O–H groups in total. The number of carbonyl (C=O) groups is 1. The topological polar surface area (TPSA) is 90.3 Å². The molecule has 1 saturated carbocycles. The Labute approximate surface area is 155 Å². The number of hydrogen-bond donors (Lipinski definition) is 1. The first-order chi connectivity index (χ1) is 12.4. The molecule has 1 heterocycles. The fourth-order valence-electron chi connectivity index (χ4n) is 3.89. The highest BCUT2D eigenvalue weighted by Gasteiger charge is 2.36. The van der Waals surface area contributed by atoms with E-state index in [1.54, 1.807) is 12.1 Å². The Balaban J connectivity index is 1.84. The average Bonchev–Trinajstić information content (AvgIpc) is 3.11. The van der Waals surface area contributed by atoms with Crippen LogP contribution in [-0.4, -0.2) is 36.8 Å². The second-order valence-corrected chi connectivity index (χ2v) is 9.23. The van der Waals surface area contributed by atoms with E-state index in [1.807, 2.05) is 6.92 Å². The molecule has 140 valence electrons. The number of benzene rings is 1. The Kier molecular flexibility index (Phi) is 5.35. The predicted octanol–water partition coefficient (Wildman–Crippen LogP) is 2.82. The standard InChI is InChI=1S/C19H25N3O3S/c1-15-7-2-5-12-22(15)26(24,25)17-9-6-8-16(13-17)18(23)21-19(14-20)10-3-4-11-19/h6,8-9,13,15H,2-5,7,10-12H2,1H3,(H,21,23). The van der Waals surface area contributed by atoms with Crippen molar-refractivity contribution in [3.63, 3.8) is 0 Å². The van der Waals surface area contributed by atoms with Crippen LogP contribution in [0.15, 0.2) is 29.2 Å². The van der Waals surface area contributed by atoms with Gasteiger partial charge in [0.05, 0.1) is 11.0 Å². The van der Waals surface area contributed by atoms with E-state index < -0.39 is 21.5 Å². The Morgan fingerprint density at radius 1 is 1.27 bits per heavy atom.